The third-order valence-corrected chi connectivity index (χ3v) is 4.80. The number of halogens is 2. The fourth-order valence-electron chi connectivity index (χ4n) is 3.42. The number of ether oxygens (including phenoxy) is 1. The molecule has 2 aromatic rings. The first-order valence-electron chi connectivity index (χ1n) is 7.47. The fraction of sp³-hybridized carbons (Fsp3) is 0.333. The second kappa shape index (κ2) is 6.59. The summed E-state index contributed by atoms with van der Waals surface area (Å²) < 4.78 is 6.33. The Morgan fingerprint density at radius 1 is 1.09 bits per heavy atom. The minimum Gasteiger partial charge on any atom is -0.365 e. The van der Waals surface area contributed by atoms with Crippen molar-refractivity contribution < 1.29 is 4.74 Å². The van der Waals surface area contributed by atoms with E-state index in [1.54, 1.807) is 0 Å². The Bertz CT molecular complexity index is 614. The van der Waals surface area contributed by atoms with Gasteiger partial charge in [-0.05, 0) is 48.9 Å². The Hall–Kier alpha value is -1.06. The lowest BCUT2D eigenvalue weighted by Crippen LogP contribution is -2.38. The third-order valence-electron chi connectivity index (χ3n) is 4.33. The van der Waals surface area contributed by atoms with Crippen LogP contribution in [-0.2, 0) is 10.3 Å². The normalized spacial score (nSPS) is 20.2. The summed E-state index contributed by atoms with van der Waals surface area (Å²) in [5, 5.41) is 4.73. The molecule has 22 heavy (non-hydrogen) atoms. The van der Waals surface area contributed by atoms with Crippen molar-refractivity contribution in [3.63, 3.8) is 0 Å². The lowest BCUT2D eigenvalue weighted by Gasteiger charge is -2.36. The molecule has 2 nitrogen and oxygen atoms in total. The zero-order chi connectivity index (χ0) is 15.6. The van der Waals surface area contributed by atoms with E-state index in [1.165, 1.54) is 0 Å². The van der Waals surface area contributed by atoms with Crippen LogP contribution in [0.4, 0.5) is 0 Å². The van der Waals surface area contributed by atoms with Crippen LogP contribution < -0.4 is 5.32 Å². The van der Waals surface area contributed by atoms with Gasteiger partial charge in [0.25, 0.3) is 0 Å². The Morgan fingerprint density at radius 3 is 2.18 bits per heavy atom. The second-order valence-electron chi connectivity index (χ2n) is 5.65. The molecule has 0 spiro atoms. The molecular weight excluding hydrogens is 317 g/mol. The van der Waals surface area contributed by atoms with E-state index >= 15 is 0 Å². The predicted molar refractivity (Wildman–Crippen MR) is 91.7 cm³/mol. The molecule has 1 N–H and O–H groups in total. The summed E-state index contributed by atoms with van der Waals surface area (Å²) in [7, 11) is 1.97. The smallest absolute Gasteiger partial charge is 0.122 e. The maximum absolute atomic E-state index is 6.33. The predicted octanol–water partition coefficient (Wildman–Crippen LogP) is 4.49. The van der Waals surface area contributed by atoms with Crippen molar-refractivity contribution in [3.8, 4) is 0 Å². The molecule has 1 unspecified atom stereocenters. The van der Waals surface area contributed by atoms with E-state index in [2.05, 4.69) is 17.4 Å². The molecule has 0 aromatic heterocycles. The fourth-order valence-corrected chi connectivity index (χ4v) is 3.80. The number of nitrogens with one attached hydrogen (secondary N) is 1. The average Bonchev–Trinajstić information content (AvgIpc) is 2.92. The number of rotatable bonds is 4. The van der Waals surface area contributed by atoms with Crippen molar-refractivity contribution in [2.24, 2.45) is 5.92 Å². The summed E-state index contributed by atoms with van der Waals surface area (Å²) in [4.78, 5) is 0. The lowest BCUT2D eigenvalue weighted by molar-refractivity contribution is 0.0106. The molecule has 1 aliphatic rings. The van der Waals surface area contributed by atoms with Crippen LogP contribution in [0.25, 0.3) is 0 Å². The highest BCUT2D eigenvalue weighted by atomic mass is 35.5. The molecule has 0 bridgehead atoms. The number of benzene rings is 2. The van der Waals surface area contributed by atoms with Gasteiger partial charge < -0.3 is 10.1 Å². The van der Waals surface area contributed by atoms with Crippen LogP contribution >= 0.6 is 23.2 Å². The van der Waals surface area contributed by atoms with Crippen molar-refractivity contribution >= 4 is 23.2 Å². The van der Waals surface area contributed by atoms with Gasteiger partial charge in [-0.2, -0.15) is 0 Å². The highest BCUT2D eigenvalue weighted by Crippen LogP contribution is 2.47. The summed E-state index contributed by atoms with van der Waals surface area (Å²) >= 11 is 12.5. The first kappa shape index (κ1) is 15.8. The van der Waals surface area contributed by atoms with Crippen LogP contribution in [0.5, 0.6) is 0 Å². The third kappa shape index (κ3) is 2.77. The lowest BCUT2D eigenvalue weighted by atomic mass is 9.76. The van der Waals surface area contributed by atoms with E-state index in [4.69, 9.17) is 27.9 Å². The molecule has 0 aliphatic carbocycles. The van der Waals surface area contributed by atoms with Crippen LogP contribution in [0.2, 0.25) is 10.0 Å². The minimum atomic E-state index is -0.501. The van der Waals surface area contributed by atoms with Crippen LogP contribution in [0.3, 0.4) is 0 Å². The van der Waals surface area contributed by atoms with Crippen molar-refractivity contribution in [3.05, 3.63) is 69.7 Å². The molecule has 1 heterocycles. The van der Waals surface area contributed by atoms with Gasteiger partial charge in [-0.25, -0.2) is 0 Å². The number of hydrogen-bond donors (Lipinski definition) is 1. The summed E-state index contributed by atoms with van der Waals surface area (Å²) in [5.41, 5.74) is 1.67. The molecule has 3 rings (SSSR count). The van der Waals surface area contributed by atoms with E-state index in [0.29, 0.717) is 5.92 Å². The van der Waals surface area contributed by atoms with Gasteiger partial charge in [-0.15, -0.1) is 0 Å². The molecule has 0 radical (unpaired) electrons. The van der Waals surface area contributed by atoms with Gasteiger partial charge >= 0.3 is 0 Å². The molecule has 1 aliphatic heterocycles. The van der Waals surface area contributed by atoms with E-state index in [-0.39, 0.29) is 0 Å². The van der Waals surface area contributed by atoms with Gasteiger partial charge in [0.1, 0.15) is 5.60 Å². The highest BCUT2D eigenvalue weighted by Gasteiger charge is 2.47. The van der Waals surface area contributed by atoms with Crippen LogP contribution in [0, 0.1) is 5.92 Å². The molecule has 4 heteroatoms. The van der Waals surface area contributed by atoms with Crippen molar-refractivity contribution in [2.75, 3.05) is 20.2 Å². The molecule has 1 fully saturated rings. The van der Waals surface area contributed by atoms with Crippen molar-refractivity contribution in [2.45, 2.75) is 12.0 Å². The van der Waals surface area contributed by atoms with Gasteiger partial charge in [0.15, 0.2) is 0 Å². The summed E-state index contributed by atoms with van der Waals surface area (Å²) in [6.45, 7) is 1.60. The second-order valence-corrected chi connectivity index (χ2v) is 6.52. The van der Waals surface area contributed by atoms with E-state index in [9.17, 15) is 0 Å². The van der Waals surface area contributed by atoms with Gasteiger partial charge in [-0.3, -0.25) is 0 Å². The van der Waals surface area contributed by atoms with E-state index in [0.717, 1.165) is 40.7 Å². The van der Waals surface area contributed by atoms with Crippen molar-refractivity contribution in [1.29, 1.82) is 0 Å². The zero-order valence-electron chi connectivity index (χ0n) is 12.5. The topological polar surface area (TPSA) is 21.3 Å². The molecule has 1 atom stereocenters. The maximum Gasteiger partial charge on any atom is 0.122 e. The quantitative estimate of drug-likeness (QED) is 0.888. The van der Waals surface area contributed by atoms with E-state index in [1.807, 2.05) is 43.4 Å². The average molecular weight is 336 g/mol. The van der Waals surface area contributed by atoms with Crippen molar-refractivity contribution in [1.82, 2.24) is 5.32 Å². The van der Waals surface area contributed by atoms with Gasteiger partial charge in [0.2, 0.25) is 0 Å². The SMILES string of the molecule is CNCC1CCOC1(c1cccc(Cl)c1)c1cccc(Cl)c1. The molecule has 0 saturated carbocycles. The Labute approximate surface area is 141 Å². The Balaban J connectivity index is 2.18. The van der Waals surface area contributed by atoms with E-state index < -0.39 is 5.60 Å². The first-order chi connectivity index (χ1) is 10.7. The Morgan fingerprint density at radius 2 is 1.68 bits per heavy atom. The molecule has 1 saturated heterocycles. The maximum atomic E-state index is 6.33. The molecule has 116 valence electrons. The molecule has 0 amide bonds. The standard InChI is InChI=1S/C18H19Cl2NO/c1-21-12-15-8-9-22-18(15,13-4-2-6-16(19)10-13)14-5-3-7-17(20)11-14/h2-7,10-11,15,21H,8-9,12H2,1H3. The Kier molecular flexibility index (Phi) is 4.74. The summed E-state index contributed by atoms with van der Waals surface area (Å²) in [6.07, 6.45) is 1.000. The highest BCUT2D eigenvalue weighted by molar-refractivity contribution is 6.31. The summed E-state index contributed by atoms with van der Waals surface area (Å²) in [5.74, 6) is 0.328. The largest absolute Gasteiger partial charge is 0.365 e. The summed E-state index contributed by atoms with van der Waals surface area (Å²) in [6, 6.07) is 15.9. The zero-order valence-corrected chi connectivity index (χ0v) is 14.0. The van der Waals surface area contributed by atoms with Gasteiger partial charge in [0.05, 0.1) is 0 Å². The molecule has 2 aromatic carbocycles. The molecular formula is C18H19Cl2NO. The van der Waals surface area contributed by atoms with Crippen LogP contribution in [-0.4, -0.2) is 20.2 Å². The van der Waals surface area contributed by atoms with Crippen LogP contribution in [0.1, 0.15) is 17.5 Å². The first-order valence-corrected chi connectivity index (χ1v) is 8.23. The van der Waals surface area contributed by atoms with Gasteiger partial charge in [0, 0.05) is 29.1 Å². The van der Waals surface area contributed by atoms with Crippen LogP contribution in [0.15, 0.2) is 48.5 Å². The minimum absolute atomic E-state index is 0.328. The monoisotopic (exact) mass is 335 g/mol. The van der Waals surface area contributed by atoms with Gasteiger partial charge in [-0.1, -0.05) is 47.5 Å². The number of hydrogen-bond acceptors (Lipinski definition) is 2.